The van der Waals surface area contributed by atoms with E-state index in [1.165, 1.54) is 6.26 Å². The monoisotopic (exact) mass is 454 g/mol. The molecule has 3 aliphatic rings. The second-order valence-corrected chi connectivity index (χ2v) is 8.72. The Balaban J connectivity index is 1.61. The minimum absolute atomic E-state index is 0.0469. The van der Waals surface area contributed by atoms with Crippen LogP contribution in [0.2, 0.25) is 0 Å². The van der Waals surface area contributed by atoms with Gasteiger partial charge in [0.1, 0.15) is 0 Å². The summed E-state index contributed by atoms with van der Waals surface area (Å²) in [7, 11) is 0. The number of carbonyl (C=O) groups is 3. The highest BCUT2D eigenvalue weighted by atomic mass is 19.1. The quantitative estimate of drug-likeness (QED) is 0.536. The highest BCUT2D eigenvalue weighted by Gasteiger charge is 2.63. The summed E-state index contributed by atoms with van der Waals surface area (Å²) in [6.45, 7) is 3.80. The molecule has 170 valence electrons. The molecule has 6 rings (SSSR count). The third kappa shape index (κ3) is 2.56. The zero-order valence-corrected chi connectivity index (χ0v) is 17.7. The summed E-state index contributed by atoms with van der Waals surface area (Å²) in [5.41, 5.74) is -0.769. The van der Waals surface area contributed by atoms with Gasteiger partial charge in [-0.3, -0.25) is 20.2 Å². The fourth-order valence-electron chi connectivity index (χ4n) is 5.54. The molecule has 2 N–H and O–H groups in total. The van der Waals surface area contributed by atoms with Crippen LogP contribution >= 0.6 is 0 Å². The van der Waals surface area contributed by atoms with Gasteiger partial charge in [-0.2, -0.15) is 0 Å². The number of furan rings is 1. The van der Waals surface area contributed by atoms with Crippen molar-refractivity contribution in [1.29, 1.82) is 0 Å². The Hall–Kier alpha value is -3.73. The molecular weight excluding hydrogens is 435 g/mol. The first-order valence-electron chi connectivity index (χ1n) is 10.5. The lowest BCUT2D eigenvalue weighted by atomic mass is 9.66. The summed E-state index contributed by atoms with van der Waals surface area (Å²) in [5, 5.41) is 8.78. The van der Waals surface area contributed by atoms with Gasteiger partial charge in [0.05, 0.1) is 35.6 Å². The molecule has 2 fully saturated rings. The van der Waals surface area contributed by atoms with E-state index in [1.54, 1.807) is 30.0 Å². The second kappa shape index (κ2) is 6.64. The van der Waals surface area contributed by atoms with Crippen molar-refractivity contribution in [2.24, 2.45) is 5.41 Å². The number of rotatable bonds is 1. The summed E-state index contributed by atoms with van der Waals surface area (Å²) in [4.78, 5) is 40.0. The van der Waals surface area contributed by atoms with Gasteiger partial charge in [-0.05, 0) is 37.6 Å². The molecule has 2 aromatic heterocycles. The molecule has 10 nitrogen and oxygen atoms in total. The molecule has 0 unspecified atom stereocenters. The Labute approximate surface area is 186 Å². The number of imide groups is 2. The van der Waals surface area contributed by atoms with E-state index in [9.17, 15) is 14.4 Å². The van der Waals surface area contributed by atoms with Crippen LogP contribution in [0.5, 0.6) is 0 Å². The zero-order valence-electron chi connectivity index (χ0n) is 17.7. The Morgan fingerprint density at radius 1 is 1.21 bits per heavy atom. The average molecular weight is 454 g/mol. The number of urea groups is 1. The first-order valence-corrected chi connectivity index (χ1v) is 10.5. The van der Waals surface area contributed by atoms with Gasteiger partial charge in [0, 0.05) is 13.0 Å². The van der Waals surface area contributed by atoms with E-state index in [2.05, 4.69) is 15.8 Å². The van der Waals surface area contributed by atoms with Gasteiger partial charge in [-0.1, -0.05) is 5.16 Å². The van der Waals surface area contributed by atoms with Gasteiger partial charge in [0.25, 0.3) is 0 Å². The van der Waals surface area contributed by atoms with Crippen molar-refractivity contribution in [1.82, 2.24) is 15.8 Å². The summed E-state index contributed by atoms with van der Waals surface area (Å²) in [5.74, 6) is -1.72. The lowest BCUT2D eigenvalue weighted by molar-refractivity contribution is -0.153. The SMILES string of the molecule is C[C@H]1CN2c3c(cc4c(-c5ccco5)noc4c3F)CC3(C(=O)NC(=O)NC3=O)[C@@H]2[C@@H](C)O1. The van der Waals surface area contributed by atoms with E-state index in [1.807, 2.05) is 6.92 Å². The smallest absolute Gasteiger partial charge is 0.328 e. The van der Waals surface area contributed by atoms with Crippen LogP contribution < -0.4 is 15.5 Å². The van der Waals surface area contributed by atoms with Crippen LogP contribution in [0.4, 0.5) is 14.9 Å². The van der Waals surface area contributed by atoms with E-state index in [0.717, 1.165) is 0 Å². The summed E-state index contributed by atoms with van der Waals surface area (Å²) >= 11 is 0. The number of fused-ring (bicyclic) bond motifs is 5. The van der Waals surface area contributed by atoms with Crippen LogP contribution in [0, 0.1) is 11.2 Å². The number of hydrogen-bond acceptors (Lipinski definition) is 8. The highest BCUT2D eigenvalue weighted by molar-refractivity contribution is 6.20. The van der Waals surface area contributed by atoms with Crippen molar-refractivity contribution < 1.29 is 32.5 Å². The molecule has 2 saturated heterocycles. The Morgan fingerprint density at radius 3 is 2.67 bits per heavy atom. The fraction of sp³-hybridized carbons (Fsp3) is 0.364. The van der Waals surface area contributed by atoms with Gasteiger partial charge in [-0.25, -0.2) is 9.18 Å². The number of morpholine rings is 1. The van der Waals surface area contributed by atoms with Gasteiger partial charge in [-0.15, -0.1) is 0 Å². The highest BCUT2D eigenvalue weighted by Crippen LogP contribution is 2.49. The molecule has 5 heterocycles. The van der Waals surface area contributed by atoms with Crippen molar-refractivity contribution in [3.63, 3.8) is 0 Å². The second-order valence-electron chi connectivity index (χ2n) is 8.72. The van der Waals surface area contributed by atoms with Crippen LogP contribution in [0.1, 0.15) is 19.4 Å². The Morgan fingerprint density at radius 2 is 1.97 bits per heavy atom. The first-order chi connectivity index (χ1) is 15.8. The summed E-state index contributed by atoms with van der Waals surface area (Å²) in [6.07, 6.45) is 0.440. The molecule has 4 amide bonds. The molecule has 0 radical (unpaired) electrons. The van der Waals surface area contributed by atoms with Gasteiger partial charge in [0.15, 0.2) is 22.7 Å². The number of amides is 4. The Bertz CT molecular complexity index is 1310. The largest absolute Gasteiger partial charge is 0.463 e. The van der Waals surface area contributed by atoms with Crippen molar-refractivity contribution in [2.75, 3.05) is 11.4 Å². The number of carbonyl (C=O) groups excluding carboxylic acids is 3. The predicted molar refractivity (Wildman–Crippen MR) is 111 cm³/mol. The van der Waals surface area contributed by atoms with E-state index >= 15 is 4.39 Å². The number of nitrogens with zero attached hydrogens (tertiary/aromatic N) is 2. The van der Waals surface area contributed by atoms with Crippen molar-refractivity contribution in [2.45, 2.75) is 38.5 Å². The number of aromatic nitrogens is 1. The van der Waals surface area contributed by atoms with Crippen LogP contribution in [0.15, 0.2) is 33.4 Å². The first kappa shape index (κ1) is 19.9. The predicted octanol–water partition coefficient (Wildman–Crippen LogP) is 2.12. The lowest BCUT2D eigenvalue weighted by Gasteiger charge is -2.55. The minimum atomic E-state index is -1.69. The number of anilines is 1. The standard InChI is InChI=1S/C22H19FN4O6/c1-9-8-27-16-11(6-12-15(13-4-3-5-31-13)26-33-17(12)14(16)23)7-22(18(27)10(2)32-9)19(28)24-21(30)25-20(22)29/h3-6,9-10,18H,7-8H2,1-2H3,(H2,24,25,28,29,30)/t9-,10+,18-/m0/s1. The maximum atomic E-state index is 15.9. The molecule has 3 atom stereocenters. The molecule has 3 aromatic rings. The molecule has 0 aliphatic carbocycles. The minimum Gasteiger partial charge on any atom is -0.463 e. The van der Waals surface area contributed by atoms with Crippen LogP contribution in [0.25, 0.3) is 22.4 Å². The normalized spacial score (nSPS) is 26.2. The number of barbiturate groups is 1. The number of benzene rings is 1. The maximum Gasteiger partial charge on any atom is 0.328 e. The summed E-state index contributed by atoms with van der Waals surface area (Å²) < 4.78 is 32.6. The van der Waals surface area contributed by atoms with Gasteiger partial charge in [0.2, 0.25) is 17.4 Å². The molecular formula is C22H19FN4O6. The van der Waals surface area contributed by atoms with Crippen LogP contribution in [0.3, 0.4) is 0 Å². The molecule has 11 heteroatoms. The molecule has 1 spiro atoms. The van der Waals surface area contributed by atoms with Crippen molar-refractivity contribution in [3.05, 3.63) is 35.8 Å². The Kier molecular flexibility index (Phi) is 4.01. The van der Waals surface area contributed by atoms with E-state index in [4.69, 9.17) is 13.7 Å². The molecule has 0 saturated carbocycles. The van der Waals surface area contributed by atoms with Crippen LogP contribution in [-0.2, 0) is 20.7 Å². The topological polar surface area (TPSA) is 127 Å². The van der Waals surface area contributed by atoms with Crippen molar-refractivity contribution >= 4 is 34.5 Å². The van der Waals surface area contributed by atoms with E-state index in [0.29, 0.717) is 22.4 Å². The van der Waals surface area contributed by atoms with E-state index in [-0.39, 0.29) is 30.3 Å². The van der Waals surface area contributed by atoms with Crippen LogP contribution in [-0.4, -0.2) is 47.8 Å². The molecule has 3 aliphatic heterocycles. The fourth-order valence-corrected chi connectivity index (χ4v) is 5.54. The maximum absolute atomic E-state index is 15.9. The van der Waals surface area contributed by atoms with Gasteiger partial charge >= 0.3 is 6.03 Å². The number of hydrogen-bond donors (Lipinski definition) is 2. The van der Waals surface area contributed by atoms with Crippen molar-refractivity contribution in [3.8, 4) is 11.5 Å². The number of ether oxygens (including phenoxy) is 1. The molecule has 0 bridgehead atoms. The molecule has 33 heavy (non-hydrogen) atoms. The van der Waals surface area contributed by atoms with E-state index < -0.39 is 41.2 Å². The summed E-state index contributed by atoms with van der Waals surface area (Å²) in [6, 6.07) is 3.29. The average Bonchev–Trinajstić information content (AvgIpc) is 3.41. The number of nitrogens with one attached hydrogen (secondary N) is 2. The number of halogens is 1. The zero-order chi connectivity index (χ0) is 23.1. The third-order valence-electron chi connectivity index (χ3n) is 6.72. The van der Waals surface area contributed by atoms with Gasteiger partial charge < -0.3 is 18.6 Å². The third-order valence-corrected chi connectivity index (χ3v) is 6.72. The lowest BCUT2D eigenvalue weighted by Crippen LogP contribution is -2.75. The molecule has 1 aromatic carbocycles.